The highest BCUT2D eigenvalue weighted by atomic mass is 32.2. The molecule has 0 radical (unpaired) electrons. The van der Waals surface area contributed by atoms with Gasteiger partial charge in [-0.2, -0.15) is 11.8 Å². The van der Waals surface area contributed by atoms with E-state index in [0.717, 1.165) is 18.7 Å². The third-order valence-electron chi connectivity index (χ3n) is 3.40. The van der Waals surface area contributed by atoms with Crippen LogP contribution in [0.15, 0.2) is 24.3 Å². The van der Waals surface area contributed by atoms with Crippen molar-refractivity contribution in [3.63, 3.8) is 0 Å². The Morgan fingerprint density at radius 2 is 2.05 bits per heavy atom. The highest BCUT2D eigenvalue weighted by Crippen LogP contribution is 2.21. The maximum atomic E-state index is 12.2. The largest absolute Gasteiger partial charge is 0.465 e. The van der Waals surface area contributed by atoms with Crippen molar-refractivity contribution in [1.82, 2.24) is 5.32 Å². The lowest BCUT2D eigenvalue weighted by Crippen LogP contribution is -2.53. The second-order valence-electron chi connectivity index (χ2n) is 5.40. The zero-order valence-corrected chi connectivity index (χ0v) is 14.4. The number of aryl methyl sites for hydroxylation is 1. The first-order valence-electron chi connectivity index (χ1n) is 7.58. The summed E-state index contributed by atoms with van der Waals surface area (Å²) in [4.78, 5) is 12.2. The smallest absolute Gasteiger partial charge is 0.326 e. The summed E-state index contributed by atoms with van der Waals surface area (Å²) in [5, 5.41) is 3.34. The van der Waals surface area contributed by atoms with Crippen molar-refractivity contribution in [3.05, 3.63) is 35.4 Å². The van der Waals surface area contributed by atoms with Crippen LogP contribution in [-0.2, 0) is 15.3 Å². The lowest BCUT2D eigenvalue weighted by molar-refractivity contribution is -0.149. The van der Waals surface area contributed by atoms with Crippen molar-refractivity contribution in [3.8, 4) is 0 Å². The van der Waals surface area contributed by atoms with Gasteiger partial charge < -0.3 is 10.1 Å². The van der Waals surface area contributed by atoms with Gasteiger partial charge in [0.25, 0.3) is 0 Å². The zero-order chi connectivity index (χ0) is 15.7. The molecule has 0 fully saturated rings. The van der Waals surface area contributed by atoms with E-state index in [1.807, 2.05) is 13.8 Å². The van der Waals surface area contributed by atoms with Crippen LogP contribution in [0, 0.1) is 6.92 Å². The molecule has 0 aliphatic heterocycles. The van der Waals surface area contributed by atoms with Gasteiger partial charge in [-0.05, 0) is 44.9 Å². The Bertz CT molecular complexity index is 450. The quantitative estimate of drug-likeness (QED) is 0.708. The number of benzene rings is 1. The molecule has 0 amide bonds. The normalized spacial score (nSPS) is 13.7. The molecule has 21 heavy (non-hydrogen) atoms. The first-order chi connectivity index (χ1) is 10.0. The molecule has 1 unspecified atom stereocenters. The molecule has 118 valence electrons. The van der Waals surface area contributed by atoms with Crippen molar-refractivity contribution < 1.29 is 9.53 Å². The van der Waals surface area contributed by atoms with Crippen molar-refractivity contribution in [2.24, 2.45) is 0 Å². The van der Waals surface area contributed by atoms with E-state index < -0.39 is 5.54 Å². The van der Waals surface area contributed by atoms with Crippen LogP contribution in [0.3, 0.4) is 0 Å². The molecule has 1 aromatic rings. The number of carbonyl (C=O) groups is 1. The van der Waals surface area contributed by atoms with Crippen LogP contribution in [0.25, 0.3) is 0 Å². The molecule has 1 N–H and O–H groups in total. The van der Waals surface area contributed by atoms with E-state index in [0.29, 0.717) is 12.4 Å². The molecule has 1 rings (SSSR count). The standard InChI is InChI=1S/C17H27NO2S/c1-5-11-18-17(4,16(19)20-6-2)13-21-12-15-10-8-7-9-14(15)3/h7-10,18H,5-6,11-13H2,1-4H3. The zero-order valence-electron chi connectivity index (χ0n) is 13.6. The Kier molecular flexibility index (Phi) is 7.83. The van der Waals surface area contributed by atoms with Crippen molar-refractivity contribution in [2.45, 2.75) is 45.4 Å². The van der Waals surface area contributed by atoms with E-state index in [2.05, 4.69) is 43.4 Å². The fraction of sp³-hybridized carbons (Fsp3) is 0.588. The minimum Gasteiger partial charge on any atom is -0.465 e. The van der Waals surface area contributed by atoms with E-state index in [9.17, 15) is 4.79 Å². The van der Waals surface area contributed by atoms with Gasteiger partial charge in [0.15, 0.2) is 0 Å². The van der Waals surface area contributed by atoms with Crippen LogP contribution in [-0.4, -0.2) is 30.4 Å². The minimum absolute atomic E-state index is 0.157. The van der Waals surface area contributed by atoms with Gasteiger partial charge in [0.2, 0.25) is 0 Å². The second-order valence-corrected chi connectivity index (χ2v) is 6.38. The first-order valence-corrected chi connectivity index (χ1v) is 8.73. The molecule has 1 atom stereocenters. The number of hydrogen-bond acceptors (Lipinski definition) is 4. The number of thioether (sulfide) groups is 1. The monoisotopic (exact) mass is 309 g/mol. The fourth-order valence-electron chi connectivity index (χ4n) is 2.01. The molecular weight excluding hydrogens is 282 g/mol. The van der Waals surface area contributed by atoms with Gasteiger partial charge in [0.1, 0.15) is 5.54 Å². The first kappa shape index (κ1) is 18.1. The van der Waals surface area contributed by atoms with Gasteiger partial charge in [-0.25, -0.2) is 0 Å². The Morgan fingerprint density at radius 3 is 2.67 bits per heavy atom. The summed E-state index contributed by atoms with van der Waals surface area (Å²) in [5.41, 5.74) is 2.01. The molecule has 1 aromatic carbocycles. The third-order valence-corrected chi connectivity index (χ3v) is 4.70. The SMILES string of the molecule is CCCNC(C)(CSCc1ccccc1C)C(=O)OCC. The van der Waals surface area contributed by atoms with Crippen molar-refractivity contribution >= 4 is 17.7 Å². The van der Waals surface area contributed by atoms with Gasteiger partial charge in [-0.3, -0.25) is 4.79 Å². The lowest BCUT2D eigenvalue weighted by atomic mass is 10.1. The van der Waals surface area contributed by atoms with Crippen molar-refractivity contribution in [1.29, 1.82) is 0 Å². The van der Waals surface area contributed by atoms with Crippen LogP contribution >= 0.6 is 11.8 Å². The average Bonchev–Trinajstić information content (AvgIpc) is 2.47. The van der Waals surface area contributed by atoms with E-state index >= 15 is 0 Å². The highest BCUT2D eigenvalue weighted by Gasteiger charge is 2.33. The highest BCUT2D eigenvalue weighted by molar-refractivity contribution is 7.98. The van der Waals surface area contributed by atoms with Gasteiger partial charge >= 0.3 is 5.97 Å². The number of rotatable bonds is 9. The number of ether oxygens (including phenoxy) is 1. The topological polar surface area (TPSA) is 38.3 Å². The summed E-state index contributed by atoms with van der Waals surface area (Å²) in [6.07, 6.45) is 0.997. The van der Waals surface area contributed by atoms with Crippen LogP contribution in [0.1, 0.15) is 38.3 Å². The predicted octanol–water partition coefficient (Wildman–Crippen LogP) is 3.55. The number of carbonyl (C=O) groups excluding carboxylic acids is 1. The van der Waals surface area contributed by atoms with E-state index in [4.69, 9.17) is 4.74 Å². The van der Waals surface area contributed by atoms with E-state index in [1.54, 1.807) is 11.8 Å². The average molecular weight is 309 g/mol. The Balaban J connectivity index is 2.60. The molecule has 0 spiro atoms. The molecule has 0 aliphatic carbocycles. The molecule has 0 aromatic heterocycles. The predicted molar refractivity (Wildman–Crippen MR) is 90.7 cm³/mol. The van der Waals surface area contributed by atoms with Crippen LogP contribution < -0.4 is 5.32 Å². The summed E-state index contributed by atoms with van der Waals surface area (Å²) in [6, 6.07) is 8.37. The molecule has 0 aliphatic rings. The summed E-state index contributed by atoms with van der Waals surface area (Å²) < 4.78 is 5.22. The maximum absolute atomic E-state index is 12.2. The third kappa shape index (κ3) is 5.71. The number of nitrogens with one attached hydrogen (secondary N) is 1. The molecule has 0 saturated carbocycles. The summed E-state index contributed by atoms with van der Waals surface area (Å²) in [5.74, 6) is 1.46. The summed E-state index contributed by atoms with van der Waals surface area (Å²) in [6.45, 7) is 9.24. The van der Waals surface area contributed by atoms with Gasteiger partial charge in [0, 0.05) is 11.5 Å². The number of esters is 1. The van der Waals surface area contributed by atoms with Gasteiger partial charge in [-0.15, -0.1) is 0 Å². The Hall–Kier alpha value is -1.00. The molecule has 0 saturated heterocycles. The lowest BCUT2D eigenvalue weighted by Gasteiger charge is -2.28. The van der Waals surface area contributed by atoms with E-state index in [-0.39, 0.29) is 5.97 Å². The summed E-state index contributed by atoms with van der Waals surface area (Å²) in [7, 11) is 0. The fourth-order valence-corrected chi connectivity index (χ4v) is 3.28. The Morgan fingerprint density at radius 1 is 1.33 bits per heavy atom. The minimum atomic E-state index is -0.612. The number of hydrogen-bond donors (Lipinski definition) is 1. The second kappa shape index (κ2) is 9.11. The molecule has 0 bridgehead atoms. The van der Waals surface area contributed by atoms with Gasteiger partial charge in [-0.1, -0.05) is 31.2 Å². The molecule has 3 nitrogen and oxygen atoms in total. The van der Waals surface area contributed by atoms with Crippen LogP contribution in [0.2, 0.25) is 0 Å². The van der Waals surface area contributed by atoms with Crippen LogP contribution in [0.5, 0.6) is 0 Å². The Labute approximate surface area is 132 Å². The molecule has 0 heterocycles. The van der Waals surface area contributed by atoms with E-state index in [1.165, 1.54) is 11.1 Å². The molecular formula is C17H27NO2S. The summed E-state index contributed by atoms with van der Waals surface area (Å²) >= 11 is 1.77. The maximum Gasteiger partial charge on any atom is 0.326 e. The molecule has 4 heteroatoms. The van der Waals surface area contributed by atoms with Gasteiger partial charge in [0.05, 0.1) is 6.61 Å². The van der Waals surface area contributed by atoms with Crippen LogP contribution in [0.4, 0.5) is 0 Å². The van der Waals surface area contributed by atoms with Crippen molar-refractivity contribution in [2.75, 3.05) is 18.9 Å².